The fourth-order valence-electron chi connectivity index (χ4n) is 5.02. The summed E-state index contributed by atoms with van der Waals surface area (Å²) < 4.78 is 27.9. The van der Waals surface area contributed by atoms with Crippen molar-refractivity contribution in [1.82, 2.24) is 29.7 Å². The van der Waals surface area contributed by atoms with Crippen LogP contribution in [0.5, 0.6) is 0 Å². The van der Waals surface area contributed by atoms with Gasteiger partial charge in [0.1, 0.15) is 11.4 Å². The van der Waals surface area contributed by atoms with Gasteiger partial charge in [-0.1, -0.05) is 17.9 Å². The van der Waals surface area contributed by atoms with Gasteiger partial charge in [0.25, 0.3) is 11.5 Å². The molecule has 0 saturated heterocycles. The second-order valence-electron chi connectivity index (χ2n) is 10.5. The van der Waals surface area contributed by atoms with Crippen molar-refractivity contribution >= 4 is 22.8 Å². The average Bonchev–Trinajstić information content (AvgIpc) is 2.98. The molecule has 5 rings (SSSR count). The Morgan fingerprint density at radius 2 is 1.86 bits per heavy atom. The Balaban J connectivity index is 1.19. The number of rotatable bonds is 7. The van der Waals surface area contributed by atoms with Gasteiger partial charge in [0.05, 0.1) is 36.6 Å². The van der Waals surface area contributed by atoms with E-state index in [0.29, 0.717) is 23.2 Å². The molecule has 4 aromatic rings. The molecule has 0 radical (unpaired) electrons. The SMILES string of the molecule is CN(C)[C@H]1CC[C@H](Nc2cnc3ccc(C#CCNC(=O)c4cncn(Cc5ccc(F)c(F)c5)c4=O)cc3n2)CC1. The number of hydrogen-bond donors (Lipinski definition) is 2. The summed E-state index contributed by atoms with van der Waals surface area (Å²) in [5, 5.41) is 6.12. The molecule has 0 bridgehead atoms. The van der Waals surface area contributed by atoms with E-state index >= 15 is 0 Å². The summed E-state index contributed by atoms with van der Waals surface area (Å²) in [5.41, 5.74) is 1.75. The first-order valence-corrected chi connectivity index (χ1v) is 13.7. The van der Waals surface area contributed by atoms with Crippen molar-refractivity contribution in [1.29, 1.82) is 0 Å². The molecule has 2 heterocycles. The number of hydrogen-bond acceptors (Lipinski definition) is 7. The van der Waals surface area contributed by atoms with Gasteiger partial charge in [-0.25, -0.2) is 18.7 Å². The van der Waals surface area contributed by atoms with Gasteiger partial charge in [-0.05, 0) is 75.7 Å². The number of nitrogens with zero attached hydrogens (tertiary/aromatic N) is 5. The molecule has 2 N–H and O–H groups in total. The van der Waals surface area contributed by atoms with E-state index in [-0.39, 0.29) is 18.7 Å². The lowest BCUT2D eigenvalue weighted by Gasteiger charge is -2.33. The minimum absolute atomic E-state index is 0.00270. The zero-order valence-corrected chi connectivity index (χ0v) is 23.4. The maximum atomic E-state index is 13.5. The van der Waals surface area contributed by atoms with Crippen LogP contribution in [0.25, 0.3) is 11.0 Å². The number of aromatic nitrogens is 4. The molecule has 0 atom stereocenters. The molecule has 1 amide bonds. The Morgan fingerprint density at radius 1 is 1.05 bits per heavy atom. The number of fused-ring (bicyclic) bond motifs is 1. The van der Waals surface area contributed by atoms with Crippen LogP contribution < -0.4 is 16.2 Å². The molecule has 9 nitrogen and oxygen atoms in total. The Hall–Kier alpha value is -4.69. The molecule has 42 heavy (non-hydrogen) atoms. The van der Waals surface area contributed by atoms with Crippen molar-refractivity contribution in [3.63, 3.8) is 0 Å². The van der Waals surface area contributed by atoms with Crippen molar-refractivity contribution < 1.29 is 13.6 Å². The predicted molar refractivity (Wildman–Crippen MR) is 156 cm³/mol. The highest BCUT2D eigenvalue weighted by Gasteiger charge is 2.22. The molecular weight excluding hydrogens is 540 g/mol. The standard InChI is InChI=1S/C31H31F2N7O2/c1-39(2)23-9-7-22(8-10-23)37-29-17-36-27-12-6-20(15-28(27)38-29)4-3-13-35-30(41)24-16-34-19-40(31(24)42)18-21-5-11-25(32)26(33)14-21/h5-6,11-12,14-17,19,22-23H,7-10,13,18H2,1-2H3,(H,35,41)(H,37,38)/t22-,23-. The maximum Gasteiger partial charge on any atom is 0.266 e. The highest BCUT2D eigenvalue weighted by Crippen LogP contribution is 2.24. The number of benzene rings is 2. The van der Waals surface area contributed by atoms with Crippen LogP contribution in [0.3, 0.4) is 0 Å². The number of nitrogens with one attached hydrogen (secondary N) is 2. The Bertz CT molecular complexity index is 1720. The van der Waals surface area contributed by atoms with E-state index in [2.05, 4.69) is 51.4 Å². The van der Waals surface area contributed by atoms with Crippen LogP contribution in [0.15, 0.2) is 59.9 Å². The van der Waals surface area contributed by atoms with E-state index in [0.717, 1.165) is 65.4 Å². The summed E-state index contributed by atoms with van der Waals surface area (Å²) in [6.07, 6.45) is 8.62. The highest BCUT2D eigenvalue weighted by atomic mass is 19.2. The zero-order valence-electron chi connectivity index (χ0n) is 23.4. The minimum atomic E-state index is -1.02. The third kappa shape index (κ3) is 6.95. The highest BCUT2D eigenvalue weighted by molar-refractivity contribution is 5.93. The lowest BCUT2D eigenvalue weighted by atomic mass is 9.90. The van der Waals surface area contributed by atoms with Crippen LogP contribution in [-0.2, 0) is 6.54 Å². The number of halogens is 2. The molecule has 0 unspecified atom stereocenters. The lowest BCUT2D eigenvalue weighted by Crippen LogP contribution is -2.36. The van der Waals surface area contributed by atoms with E-state index in [1.54, 1.807) is 6.20 Å². The summed E-state index contributed by atoms with van der Waals surface area (Å²) in [6.45, 7) is -0.0686. The Labute approximate surface area is 242 Å². The van der Waals surface area contributed by atoms with Crippen LogP contribution in [0.1, 0.15) is 47.2 Å². The fourth-order valence-corrected chi connectivity index (χ4v) is 5.02. The molecule has 0 spiro atoms. The van der Waals surface area contributed by atoms with E-state index in [4.69, 9.17) is 4.98 Å². The van der Waals surface area contributed by atoms with Gasteiger partial charge in [-0.2, -0.15) is 0 Å². The number of carbonyl (C=O) groups excluding carboxylic acids is 1. The molecule has 1 saturated carbocycles. The van der Waals surface area contributed by atoms with Crippen molar-refractivity contribution in [3.8, 4) is 11.8 Å². The first-order valence-electron chi connectivity index (χ1n) is 13.7. The van der Waals surface area contributed by atoms with Crippen molar-refractivity contribution in [3.05, 3.63) is 93.8 Å². The van der Waals surface area contributed by atoms with Gasteiger partial charge >= 0.3 is 0 Å². The van der Waals surface area contributed by atoms with Gasteiger partial charge in [-0.15, -0.1) is 0 Å². The summed E-state index contributed by atoms with van der Waals surface area (Å²) in [5.74, 6) is 3.99. The van der Waals surface area contributed by atoms with Gasteiger partial charge in [0.15, 0.2) is 11.6 Å². The van der Waals surface area contributed by atoms with Crippen molar-refractivity contribution in [2.45, 2.75) is 44.3 Å². The predicted octanol–water partition coefficient (Wildman–Crippen LogP) is 3.58. The molecule has 0 aliphatic heterocycles. The molecule has 11 heteroatoms. The van der Waals surface area contributed by atoms with Crippen molar-refractivity contribution in [2.24, 2.45) is 0 Å². The monoisotopic (exact) mass is 571 g/mol. The van der Waals surface area contributed by atoms with Gasteiger partial charge in [0.2, 0.25) is 0 Å². The van der Waals surface area contributed by atoms with E-state index < -0.39 is 23.1 Å². The zero-order chi connectivity index (χ0) is 29.6. The first-order chi connectivity index (χ1) is 20.3. The van der Waals surface area contributed by atoms with Gasteiger partial charge < -0.3 is 15.5 Å². The lowest BCUT2D eigenvalue weighted by molar-refractivity contribution is 0.0956. The summed E-state index contributed by atoms with van der Waals surface area (Å²) in [4.78, 5) is 40.9. The van der Waals surface area contributed by atoms with Crippen LogP contribution >= 0.6 is 0 Å². The Kier molecular flexibility index (Phi) is 8.83. The van der Waals surface area contributed by atoms with Crippen LogP contribution in [-0.4, -0.2) is 63.0 Å². The third-order valence-electron chi connectivity index (χ3n) is 7.37. The average molecular weight is 572 g/mol. The summed E-state index contributed by atoms with van der Waals surface area (Å²) in [7, 11) is 4.26. The topological polar surface area (TPSA) is 105 Å². The van der Waals surface area contributed by atoms with E-state index in [1.807, 2.05) is 18.2 Å². The second-order valence-corrected chi connectivity index (χ2v) is 10.5. The summed E-state index contributed by atoms with van der Waals surface area (Å²) in [6, 6.07) is 9.87. The number of amides is 1. The van der Waals surface area contributed by atoms with E-state index in [9.17, 15) is 18.4 Å². The molecule has 2 aromatic heterocycles. The van der Waals surface area contributed by atoms with Crippen LogP contribution in [0.4, 0.5) is 14.6 Å². The molecular formula is C31H31F2N7O2. The quantitative estimate of drug-likeness (QED) is 0.327. The summed E-state index contributed by atoms with van der Waals surface area (Å²) >= 11 is 0. The maximum absolute atomic E-state index is 13.5. The third-order valence-corrected chi connectivity index (χ3v) is 7.37. The number of carbonyl (C=O) groups is 1. The largest absolute Gasteiger partial charge is 0.366 e. The smallest absolute Gasteiger partial charge is 0.266 e. The molecule has 2 aromatic carbocycles. The minimum Gasteiger partial charge on any atom is -0.366 e. The van der Waals surface area contributed by atoms with E-state index in [1.165, 1.54) is 12.4 Å². The first kappa shape index (κ1) is 28.8. The van der Waals surface area contributed by atoms with Crippen LogP contribution in [0.2, 0.25) is 0 Å². The fraction of sp³-hybridized carbons (Fsp3) is 0.323. The normalized spacial score (nSPS) is 16.6. The van der Waals surface area contributed by atoms with Crippen molar-refractivity contribution in [2.75, 3.05) is 26.0 Å². The molecule has 1 aliphatic rings. The molecule has 216 valence electrons. The second kappa shape index (κ2) is 12.9. The van der Waals surface area contributed by atoms with Crippen LogP contribution in [0, 0.1) is 23.5 Å². The molecule has 1 aliphatic carbocycles. The van der Waals surface area contributed by atoms with Gasteiger partial charge in [-0.3, -0.25) is 19.1 Å². The molecule has 1 fully saturated rings. The van der Waals surface area contributed by atoms with Gasteiger partial charge in [0, 0.05) is 23.8 Å². The Morgan fingerprint density at radius 3 is 2.62 bits per heavy atom. The number of anilines is 1.